The lowest BCUT2D eigenvalue weighted by molar-refractivity contribution is -0.117. The second-order valence-electron chi connectivity index (χ2n) is 7.26. The predicted molar refractivity (Wildman–Crippen MR) is 105 cm³/mol. The SMILES string of the molecule is COc1c(O)cc2c(=O)oc3c(O)c(OC4OC(CO)C(O)C4O)cc4c(=O)oc1c2c34. The summed E-state index contributed by atoms with van der Waals surface area (Å²) < 4.78 is 26.2. The lowest BCUT2D eigenvalue weighted by atomic mass is 10.0. The van der Waals surface area contributed by atoms with Crippen molar-refractivity contribution in [1.29, 1.82) is 0 Å². The van der Waals surface area contributed by atoms with Crippen LogP contribution in [0.2, 0.25) is 0 Å². The Labute approximate surface area is 176 Å². The molecular weight excluding hydrogens is 432 g/mol. The van der Waals surface area contributed by atoms with Gasteiger partial charge in [-0.05, 0) is 12.1 Å². The van der Waals surface area contributed by atoms with Crippen LogP contribution in [0.5, 0.6) is 23.0 Å². The first kappa shape index (κ1) is 20.3. The highest BCUT2D eigenvalue weighted by molar-refractivity contribution is 6.22. The zero-order valence-electron chi connectivity index (χ0n) is 16.3. The van der Waals surface area contributed by atoms with Crippen molar-refractivity contribution >= 4 is 32.7 Å². The van der Waals surface area contributed by atoms with E-state index in [0.717, 1.165) is 12.1 Å². The van der Waals surface area contributed by atoms with Gasteiger partial charge in [-0.25, -0.2) is 9.59 Å². The molecule has 5 N–H and O–H groups in total. The molecule has 0 saturated carbocycles. The highest BCUT2D eigenvalue weighted by atomic mass is 16.7. The molecule has 4 atom stereocenters. The summed E-state index contributed by atoms with van der Waals surface area (Å²) in [5.74, 6) is -1.73. The van der Waals surface area contributed by atoms with Crippen LogP contribution in [0, 0.1) is 0 Å². The van der Waals surface area contributed by atoms with Crippen LogP contribution in [0.4, 0.5) is 0 Å². The van der Waals surface area contributed by atoms with Crippen molar-refractivity contribution in [2.45, 2.75) is 24.6 Å². The number of methoxy groups -OCH3 is 1. The van der Waals surface area contributed by atoms with E-state index in [1.165, 1.54) is 7.11 Å². The van der Waals surface area contributed by atoms with Crippen LogP contribution in [0.15, 0.2) is 30.6 Å². The van der Waals surface area contributed by atoms with E-state index in [-0.39, 0.29) is 32.9 Å². The number of rotatable bonds is 4. The molecule has 2 aromatic heterocycles. The van der Waals surface area contributed by atoms with Crippen LogP contribution in [0.25, 0.3) is 32.7 Å². The van der Waals surface area contributed by atoms with Crippen LogP contribution in [-0.2, 0) is 4.74 Å². The summed E-state index contributed by atoms with van der Waals surface area (Å²) in [4.78, 5) is 25.3. The van der Waals surface area contributed by atoms with Gasteiger partial charge in [-0.1, -0.05) is 0 Å². The van der Waals surface area contributed by atoms with Crippen molar-refractivity contribution in [3.05, 3.63) is 33.0 Å². The molecule has 0 amide bonds. The maximum absolute atomic E-state index is 12.7. The fraction of sp³-hybridized carbons (Fsp3) is 0.300. The molecule has 0 radical (unpaired) electrons. The van der Waals surface area contributed by atoms with E-state index in [0.29, 0.717) is 0 Å². The summed E-state index contributed by atoms with van der Waals surface area (Å²) in [6.07, 6.45) is -5.67. The zero-order chi connectivity index (χ0) is 22.9. The van der Waals surface area contributed by atoms with Gasteiger partial charge in [-0.15, -0.1) is 0 Å². The van der Waals surface area contributed by atoms with E-state index in [1.807, 2.05) is 0 Å². The van der Waals surface area contributed by atoms with Gasteiger partial charge in [0.15, 0.2) is 22.7 Å². The van der Waals surface area contributed by atoms with Crippen LogP contribution in [0.3, 0.4) is 0 Å². The summed E-state index contributed by atoms with van der Waals surface area (Å²) in [6.45, 7) is -0.600. The molecule has 0 bridgehead atoms. The van der Waals surface area contributed by atoms with E-state index < -0.39 is 65.3 Å². The Morgan fingerprint density at radius 1 is 0.969 bits per heavy atom. The van der Waals surface area contributed by atoms with Gasteiger partial charge in [0.05, 0.1) is 24.5 Å². The Balaban J connectivity index is 1.79. The largest absolute Gasteiger partial charge is 0.504 e. The molecule has 0 aliphatic carbocycles. The second-order valence-corrected chi connectivity index (χ2v) is 7.26. The van der Waals surface area contributed by atoms with Gasteiger partial charge < -0.3 is 48.6 Å². The van der Waals surface area contributed by atoms with Crippen molar-refractivity contribution in [3.8, 4) is 23.0 Å². The van der Waals surface area contributed by atoms with E-state index in [9.17, 15) is 35.1 Å². The van der Waals surface area contributed by atoms with Gasteiger partial charge in [-0.3, -0.25) is 0 Å². The third-order valence-corrected chi connectivity index (χ3v) is 5.46. The van der Waals surface area contributed by atoms with Gasteiger partial charge in [-0.2, -0.15) is 0 Å². The van der Waals surface area contributed by atoms with Gasteiger partial charge in [0, 0.05) is 10.8 Å². The molecule has 4 unspecified atom stereocenters. The molecule has 2 aromatic carbocycles. The molecule has 1 aliphatic rings. The Bertz CT molecular complexity index is 1470. The summed E-state index contributed by atoms with van der Waals surface area (Å²) in [6, 6.07) is 2.18. The molecule has 3 heterocycles. The maximum Gasteiger partial charge on any atom is 0.344 e. The normalized spacial score (nSPS) is 23.5. The van der Waals surface area contributed by atoms with Crippen molar-refractivity contribution in [2.75, 3.05) is 13.7 Å². The number of phenolic OH excluding ortho intramolecular Hbond substituents is 2. The molecule has 4 aromatic rings. The van der Waals surface area contributed by atoms with Gasteiger partial charge in [0.1, 0.15) is 18.3 Å². The molecule has 12 nitrogen and oxygen atoms in total. The molecule has 32 heavy (non-hydrogen) atoms. The standard InChI is InChI=1S/C20H16O12/c1-28-15-7(22)2-5-11-10-6(19(27)32-17(11)15)3-8(13(24)16(10)31-18(5)26)29-20-14(25)12(23)9(4-21)30-20/h2-3,9,12,14,20-25H,4H2,1H3. The van der Waals surface area contributed by atoms with Crippen LogP contribution in [0.1, 0.15) is 0 Å². The minimum Gasteiger partial charge on any atom is -0.504 e. The van der Waals surface area contributed by atoms with Crippen LogP contribution < -0.4 is 20.7 Å². The summed E-state index contributed by atoms with van der Waals surface area (Å²) in [7, 11) is 1.23. The predicted octanol–water partition coefficient (Wildman–Crippen LogP) is -0.272. The lowest BCUT2D eigenvalue weighted by Gasteiger charge is -2.19. The van der Waals surface area contributed by atoms with E-state index >= 15 is 0 Å². The summed E-state index contributed by atoms with van der Waals surface area (Å²) in [5, 5.41) is 49.9. The molecular formula is C20H16O12. The van der Waals surface area contributed by atoms with E-state index in [1.54, 1.807) is 0 Å². The molecule has 1 fully saturated rings. The van der Waals surface area contributed by atoms with E-state index in [4.69, 9.17) is 23.0 Å². The first-order chi connectivity index (χ1) is 15.3. The first-order valence-electron chi connectivity index (χ1n) is 9.34. The number of hydrogen-bond donors (Lipinski definition) is 5. The van der Waals surface area contributed by atoms with Crippen molar-refractivity contribution < 1.29 is 48.6 Å². The monoisotopic (exact) mass is 448 g/mol. The molecule has 12 heteroatoms. The Morgan fingerprint density at radius 3 is 2.22 bits per heavy atom. The fourth-order valence-electron chi connectivity index (χ4n) is 3.94. The number of ether oxygens (including phenoxy) is 3. The summed E-state index contributed by atoms with van der Waals surface area (Å²) in [5.41, 5.74) is -2.50. The number of aliphatic hydroxyl groups excluding tert-OH is 3. The maximum atomic E-state index is 12.7. The quantitative estimate of drug-likeness (QED) is 0.203. The molecule has 1 aliphatic heterocycles. The number of aromatic hydroxyl groups is 2. The van der Waals surface area contributed by atoms with Crippen molar-refractivity contribution in [3.63, 3.8) is 0 Å². The topological polar surface area (TPSA) is 189 Å². The number of phenols is 2. The van der Waals surface area contributed by atoms with Crippen molar-refractivity contribution in [1.82, 2.24) is 0 Å². The second kappa shape index (κ2) is 6.97. The zero-order valence-corrected chi connectivity index (χ0v) is 16.3. The lowest BCUT2D eigenvalue weighted by Crippen LogP contribution is -2.35. The Hall–Kier alpha value is -3.58. The number of aliphatic hydroxyl groups is 3. The third kappa shape index (κ3) is 2.64. The molecule has 168 valence electrons. The highest BCUT2D eigenvalue weighted by Crippen LogP contribution is 2.45. The first-order valence-corrected chi connectivity index (χ1v) is 9.34. The van der Waals surface area contributed by atoms with Crippen LogP contribution in [-0.4, -0.2) is 63.9 Å². The third-order valence-electron chi connectivity index (χ3n) is 5.46. The minimum absolute atomic E-state index is 0.0233. The average molecular weight is 448 g/mol. The number of hydrogen-bond acceptors (Lipinski definition) is 12. The minimum atomic E-state index is -1.58. The van der Waals surface area contributed by atoms with Gasteiger partial charge >= 0.3 is 11.3 Å². The average Bonchev–Trinajstić information content (AvgIpc) is 3.03. The smallest absolute Gasteiger partial charge is 0.344 e. The summed E-state index contributed by atoms with van der Waals surface area (Å²) >= 11 is 0. The van der Waals surface area contributed by atoms with Crippen molar-refractivity contribution in [2.24, 2.45) is 0 Å². The molecule has 5 rings (SSSR count). The number of benzene rings is 2. The van der Waals surface area contributed by atoms with Gasteiger partial charge in [0.2, 0.25) is 17.8 Å². The molecule has 1 saturated heterocycles. The van der Waals surface area contributed by atoms with Crippen LogP contribution >= 0.6 is 0 Å². The fourth-order valence-corrected chi connectivity index (χ4v) is 3.94. The Kier molecular flexibility index (Phi) is 4.43. The molecule has 0 spiro atoms. The van der Waals surface area contributed by atoms with Gasteiger partial charge in [0.25, 0.3) is 0 Å². The van der Waals surface area contributed by atoms with E-state index in [2.05, 4.69) is 0 Å². The highest BCUT2D eigenvalue weighted by Gasteiger charge is 2.44. The Morgan fingerprint density at radius 2 is 1.59 bits per heavy atom.